The Morgan fingerprint density at radius 2 is 1.13 bits per heavy atom. The first-order valence-corrected chi connectivity index (χ1v) is 18.7. The summed E-state index contributed by atoms with van der Waals surface area (Å²) in [4.78, 5) is 0. The zero-order valence-electron chi connectivity index (χ0n) is 29.7. The van der Waals surface area contributed by atoms with Crippen LogP contribution < -0.4 is 10.4 Å². The topological polar surface area (TPSA) is 13.1 Å². The van der Waals surface area contributed by atoms with Crippen molar-refractivity contribution >= 4 is 40.0 Å². The van der Waals surface area contributed by atoms with Gasteiger partial charge >= 0.3 is 0 Å². The summed E-state index contributed by atoms with van der Waals surface area (Å²) in [7, 11) is 0. The van der Waals surface area contributed by atoms with Gasteiger partial charge in [-0.2, -0.15) is 0 Å². The normalized spacial score (nSPS) is 14.8. The van der Waals surface area contributed by atoms with Gasteiger partial charge in [0.15, 0.2) is 0 Å². The number of hydrogen-bond donors (Lipinski definition) is 0. The van der Waals surface area contributed by atoms with Gasteiger partial charge in [0.25, 0.3) is 0 Å². The fraction of sp³-hybridized carbons (Fsp3) is 0.137. The standard InChI is InChI=1S/C51H40O/c1-51(2)45-31-30-36(32-44(45)47-41-22-12-13-23-42(41)50-48(49(47)51)43-24-14-15-25-46(43)52-50)38-19-9-4-3-8-18-37(39-20-10-11-21-40(38)39)35-28-26-34(27-29-35)33-16-6-5-7-17-33/h3-9,12-13,15-23,25-32H,10-11,14,24H2,1-2H3. The molecule has 0 bridgehead atoms. The molecule has 0 aliphatic heterocycles. The average Bonchev–Trinajstić information content (AvgIpc) is 3.69. The monoisotopic (exact) mass is 668 g/mol. The van der Waals surface area contributed by atoms with Crippen LogP contribution in [-0.4, -0.2) is 0 Å². The third-order valence-corrected chi connectivity index (χ3v) is 11.6. The molecule has 52 heavy (non-hydrogen) atoms. The van der Waals surface area contributed by atoms with Gasteiger partial charge in [0.2, 0.25) is 0 Å². The van der Waals surface area contributed by atoms with E-state index in [9.17, 15) is 0 Å². The number of benzene rings is 5. The molecule has 250 valence electrons. The van der Waals surface area contributed by atoms with Gasteiger partial charge < -0.3 is 4.42 Å². The molecular formula is C51H40O. The van der Waals surface area contributed by atoms with Crippen LogP contribution >= 0.6 is 0 Å². The van der Waals surface area contributed by atoms with E-state index in [4.69, 9.17) is 4.42 Å². The van der Waals surface area contributed by atoms with Crippen LogP contribution in [0.1, 0.15) is 55.6 Å². The maximum atomic E-state index is 6.69. The van der Waals surface area contributed by atoms with Crippen LogP contribution in [0.5, 0.6) is 0 Å². The van der Waals surface area contributed by atoms with E-state index in [2.05, 4.69) is 172 Å². The second-order valence-electron chi connectivity index (χ2n) is 15.0. The second kappa shape index (κ2) is 12.1. The van der Waals surface area contributed by atoms with Crippen molar-refractivity contribution in [3.8, 4) is 44.5 Å². The molecule has 0 fully saturated rings. The first-order valence-electron chi connectivity index (χ1n) is 18.7. The predicted octanol–water partition coefficient (Wildman–Crippen LogP) is 12.3. The molecule has 3 aliphatic carbocycles. The predicted molar refractivity (Wildman–Crippen MR) is 220 cm³/mol. The number of hydrogen-bond acceptors (Lipinski definition) is 1. The van der Waals surface area contributed by atoms with E-state index >= 15 is 0 Å². The van der Waals surface area contributed by atoms with Crippen molar-refractivity contribution in [3.05, 3.63) is 172 Å². The molecule has 0 atom stereocenters. The van der Waals surface area contributed by atoms with Gasteiger partial charge in [-0.25, -0.2) is 0 Å². The Morgan fingerprint density at radius 1 is 0.538 bits per heavy atom. The fourth-order valence-electron chi connectivity index (χ4n) is 9.17. The minimum atomic E-state index is -0.170. The minimum absolute atomic E-state index is 0.170. The Hall–Kier alpha value is -5.92. The van der Waals surface area contributed by atoms with E-state index in [0.29, 0.717) is 0 Å². The molecule has 0 spiro atoms. The number of fused-ring (bicyclic) bond motifs is 11. The maximum absolute atomic E-state index is 6.69. The lowest BCUT2D eigenvalue weighted by atomic mass is 9.78. The van der Waals surface area contributed by atoms with Gasteiger partial charge in [0.1, 0.15) is 11.3 Å². The van der Waals surface area contributed by atoms with Gasteiger partial charge in [0, 0.05) is 21.8 Å². The molecule has 10 rings (SSSR count). The lowest BCUT2D eigenvalue weighted by Crippen LogP contribution is -2.29. The van der Waals surface area contributed by atoms with E-state index in [1.54, 1.807) is 0 Å². The Bertz CT molecular complexity index is 2790. The fourth-order valence-corrected chi connectivity index (χ4v) is 9.17. The zero-order valence-corrected chi connectivity index (χ0v) is 29.7. The zero-order chi connectivity index (χ0) is 34.8. The van der Waals surface area contributed by atoms with Crippen molar-refractivity contribution in [1.82, 2.24) is 0 Å². The highest BCUT2D eigenvalue weighted by molar-refractivity contribution is 6.18. The summed E-state index contributed by atoms with van der Waals surface area (Å²) in [6.07, 6.45) is 13.5. The van der Waals surface area contributed by atoms with Crippen molar-refractivity contribution in [2.45, 2.75) is 44.9 Å². The van der Waals surface area contributed by atoms with Gasteiger partial charge in [-0.1, -0.05) is 159 Å². The van der Waals surface area contributed by atoms with Crippen LogP contribution in [0.25, 0.3) is 84.5 Å². The van der Waals surface area contributed by atoms with Crippen molar-refractivity contribution in [2.24, 2.45) is 0 Å². The number of aryl methyl sites for hydroxylation is 1. The van der Waals surface area contributed by atoms with Crippen LogP contribution in [-0.2, 0) is 11.8 Å². The molecule has 7 aromatic rings. The van der Waals surface area contributed by atoms with Crippen LogP contribution in [0.4, 0.5) is 0 Å². The highest BCUT2D eigenvalue weighted by Gasteiger charge is 2.40. The van der Waals surface area contributed by atoms with Gasteiger partial charge in [0.05, 0.1) is 0 Å². The van der Waals surface area contributed by atoms with Crippen LogP contribution in [0, 0.1) is 0 Å². The first-order chi connectivity index (χ1) is 25.6. The lowest BCUT2D eigenvalue weighted by molar-refractivity contribution is 0.598. The van der Waals surface area contributed by atoms with Gasteiger partial charge in [-0.15, -0.1) is 0 Å². The second-order valence-corrected chi connectivity index (χ2v) is 15.0. The highest BCUT2D eigenvalue weighted by atomic mass is 16.3. The molecule has 0 amide bonds. The summed E-state index contributed by atoms with van der Waals surface area (Å²) in [5.41, 5.74) is 15.2. The molecule has 0 saturated heterocycles. The quantitative estimate of drug-likeness (QED) is 0.183. The van der Waals surface area contributed by atoms with E-state index in [0.717, 1.165) is 37.0 Å². The summed E-state index contributed by atoms with van der Waals surface area (Å²) in [6.45, 7) is 4.82. The lowest BCUT2D eigenvalue weighted by Gasteiger charge is -2.23. The summed E-state index contributed by atoms with van der Waals surface area (Å²) >= 11 is 0. The van der Waals surface area contributed by atoms with E-state index in [-0.39, 0.29) is 5.41 Å². The Morgan fingerprint density at radius 3 is 1.88 bits per heavy atom. The average molecular weight is 669 g/mol. The number of furan rings is 1. The molecule has 0 radical (unpaired) electrons. The van der Waals surface area contributed by atoms with Crippen molar-refractivity contribution in [2.75, 3.05) is 0 Å². The van der Waals surface area contributed by atoms with Crippen LogP contribution in [0.2, 0.25) is 0 Å². The van der Waals surface area contributed by atoms with Crippen LogP contribution in [0.15, 0.2) is 144 Å². The van der Waals surface area contributed by atoms with Crippen LogP contribution in [0.3, 0.4) is 0 Å². The van der Waals surface area contributed by atoms with Gasteiger partial charge in [-0.3, -0.25) is 0 Å². The SMILES string of the molecule is CC1(C)c2ccc(-c3ccccccc(-c4ccc(-c5ccccc5)cc4)c4c3=CCCC=4)cc2-c2c1c1c3c(oc1c1ccccc21)C=CCC3. The minimum Gasteiger partial charge on any atom is -0.456 e. The van der Waals surface area contributed by atoms with Crippen molar-refractivity contribution in [1.29, 1.82) is 0 Å². The summed E-state index contributed by atoms with van der Waals surface area (Å²) in [5, 5.41) is 6.41. The molecule has 1 aromatic heterocycles. The molecule has 1 nitrogen and oxygen atoms in total. The third-order valence-electron chi connectivity index (χ3n) is 11.6. The third kappa shape index (κ3) is 4.76. The highest BCUT2D eigenvalue weighted by Crippen LogP contribution is 2.56. The number of allylic oxidation sites excluding steroid dienone is 1. The van der Waals surface area contributed by atoms with E-state index < -0.39 is 0 Å². The smallest absolute Gasteiger partial charge is 0.143 e. The first kappa shape index (κ1) is 30.9. The molecule has 3 aliphatic rings. The van der Waals surface area contributed by atoms with Crippen molar-refractivity contribution < 1.29 is 4.42 Å². The summed E-state index contributed by atoms with van der Waals surface area (Å²) in [5.74, 6) is 1.03. The molecule has 0 N–H and O–H groups in total. The summed E-state index contributed by atoms with van der Waals surface area (Å²) < 4.78 is 6.69. The van der Waals surface area contributed by atoms with Crippen molar-refractivity contribution in [3.63, 3.8) is 0 Å². The molecular weight excluding hydrogens is 629 g/mol. The molecule has 0 unspecified atom stereocenters. The molecule has 0 saturated carbocycles. The molecule has 1 heteroatoms. The summed E-state index contributed by atoms with van der Waals surface area (Å²) in [6, 6.07) is 49.1. The van der Waals surface area contributed by atoms with E-state index in [1.165, 1.54) is 87.8 Å². The van der Waals surface area contributed by atoms with Gasteiger partial charge in [-0.05, 0) is 109 Å². The number of rotatable bonds is 3. The van der Waals surface area contributed by atoms with E-state index in [1.807, 2.05) is 0 Å². The maximum Gasteiger partial charge on any atom is 0.143 e. The Labute approximate surface area is 305 Å². The largest absolute Gasteiger partial charge is 0.456 e. The Kier molecular flexibility index (Phi) is 7.18. The Balaban J connectivity index is 1.22. The molecule has 1 heterocycles. The molecule has 6 aromatic carbocycles.